The Morgan fingerprint density at radius 3 is 2.53 bits per heavy atom. The van der Waals surface area contributed by atoms with E-state index in [4.69, 9.17) is 0 Å². The third kappa shape index (κ3) is 2.41. The van der Waals surface area contributed by atoms with Crippen LogP contribution < -0.4 is 5.32 Å². The van der Waals surface area contributed by atoms with E-state index in [1.807, 2.05) is 0 Å². The quantitative estimate of drug-likeness (QED) is 0.836. The van der Waals surface area contributed by atoms with Crippen LogP contribution in [0.5, 0.6) is 0 Å². The van der Waals surface area contributed by atoms with Crippen LogP contribution in [0.3, 0.4) is 0 Å². The highest BCUT2D eigenvalue weighted by Crippen LogP contribution is 2.34. The van der Waals surface area contributed by atoms with Crippen molar-refractivity contribution in [3.8, 4) is 0 Å². The Balaban J connectivity index is 2.15. The van der Waals surface area contributed by atoms with Gasteiger partial charge in [0.15, 0.2) is 5.82 Å². The van der Waals surface area contributed by atoms with Gasteiger partial charge in [-0.1, -0.05) is 5.16 Å². The normalized spacial score (nSPS) is 18.9. The Bertz CT molecular complexity index is 376. The van der Waals surface area contributed by atoms with Crippen molar-refractivity contribution in [3.05, 3.63) is 11.7 Å². The molecule has 2 rings (SSSR count). The van der Waals surface area contributed by atoms with Gasteiger partial charge in [0, 0.05) is 5.92 Å². The van der Waals surface area contributed by atoms with Crippen LogP contribution >= 0.6 is 0 Å². The summed E-state index contributed by atoms with van der Waals surface area (Å²) in [7, 11) is 0. The average Bonchev–Trinajstić information content (AvgIpc) is 2.80. The molecule has 0 unspecified atom stereocenters. The standard InChI is InChI=1S/C9H11F4N3O/c10-7(11)9(12,13)8-15-6(16-17-8)5-1-3-14-4-2-5/h5,7,14H,1-4H2. The number of nitrogens with zero attached hydrogens (tertiary/aromatic N) is 2. The van der Waals surface area contributed by atoms with Gasteiger partial charge in [-0.25, -0.2) is 8.78 Å². The molecule has 1 aromatic heterocycles. The molecule has 1 saturated heterocycles. The summed E-state index contributed by atoms with van der Waals surface area (Å²) >= 11 is 0. The molecular weight excluding hydrogens is 242 g/mol. The Hall–Kier alpha value is -1.18. The van der Waals surface area contributed by atoms with Crippen molar-refractivity contribution >= 4 is 0 Å². The van der Waals surface area contributed by atoms with Crippen molar-refractivity contribution < 1.29 is 22.1 Å². The molecule has 1 aliphatic heterocycles. The molecule has 0 aliphatic carbocycles. The van der Waals surface area contributed by atoms with Crippen LogP contribution in [-0.4, -0.2) is 29.7 Å². The third-order valence-corrected chi connectivity index (χ3v) is 2.71. The first-order valence-corrected chi connectivity index (χ1v) is 5.22. The predicted molar refractivity (Wildman–Crippen MR) is 49.0 cm³/mol. The highest BCUT2D eigenvalue weighted by atomic mass is 19.3. The summed E-state index contributed by atoms with van der Waals surface area (Å²) in [6.07, 6.45) is -2.48. The lowest BCUT2D eigenvalue weighted by Gasteiger charge is -2.19. The van der Waals surface area contributed by atoms with Gasteiger partial charge in [-0.2, -0.15) is 13.8 Å². The number of aromatic nitrogens is 2. The second kappa shape index (κ2) is 4.59. The number of hydrogen-bond acceptors (Lipinski definition) is 4. The van der Waals surface area contributed by atoms with Gasteiger partial charge < -0.3 is 9.84 Å². The van der Waals surface area contributed by atoms with Crippen molar-refractivity contribution in [2.45, 2.75) is 31.1 Å². The molecule has 0 bridgehead atoms. The van der Waals surface area contributed by atoms with Crippen LogP contribution in [0.1, 0.15) is 30.5 Å². The molecule has 0 saturated carbocycles. The number of nitrogens with one attached hydrogen (secondary N) is 1. The van der Waals surface area contributed by atoms with Crippen LogP contribution in [0, 0.1) is 0 Å². The second-order valence-corrected chi connectivity index (χ2v) is 3.91. The van der Waals surface area contributed by atoms with Crippen molar-refractivity contribution in [2.75, 3.05) is 13.1 Å². The number of halogens is 4. The number of hydrogen-bond donors (Lipinski definition) is 1. The van der Waals surface area contributed by atoms with E-state index in [1.165, 1.54) is 0 Å². The summed E-state index contributed by atoms with van der Waals surface area (Å²) in [6.45, 7) is 1.44. The Morgan fingerprint density at radius 2 is 1.94 bits per heavy atom. The minimum atomic E-state index is -4.38. The summed E-state index contributed by atoms with van der Waals surface area (Å²) in [4.78, 5) is 3.39. The minimum Gasteiger partial charge on any atom is -0.332 e. The van der Waals surface area contributed by atoms with Gasteiger partial charge in [-0.15, -0.1) is 0 Å². The average molecular weight is 253 g/mol. The molecule has 0 radical (unpaired) electrons. The molecular formula is C9H11F4N3O. The molecule has 8 heteroatoms. The molecule has 0 atom stereocenters. The zero-order chi connectivity index (χ0) is 12.5. The molecule has 1 aromatic rings. The van der Waals surface area contributed by atoms with Gasteiger partial charge in [0.2, 0.25) is 0 Å². The fourth-order valence-corrected chi connectivity index (χ4v) is 1.71. The Morgan fingerprint density at radius 1 is 1.29 bits per heavy atom. The first-order valence-electron chi connectivity index (χ1n) is 5.22. The third-order valence-electron chi connectivity index (χ3n) is 2.71. The van der Waals surface area contributed by atoms with Gasteiger partial charge in [0.05, 0.1) is 0 Å². The highest BCUT2D eigenvalue weighted by Gasteiger charge is 2.48. The molecule has 4 nitrogen and oxygen atoms in total. The fourth-order valence-electron chi connectivity index (χ4n) is 1.71. The maximum Gasteiger partial charge on any atom is 0.383 e. The summed E-state index contributed by atoms with van der Waals surface area (Å²) in [5.74, 6) is -5.71. The molecule has 1 aliphatic rings. The van der Waals surface area contributed by atoms with Crippen LogP contribution in [0.4, 0.5) is 17.6 Å². The van der Waals surface area contributed by atoms with E-state index in [9.17, 15) is 17.6 Å². The smallest absolute Gasteiger partial charge is 0.332 e. The molecule has 1 fully saturated rings. The molecule has 0 aromatic carbocycles. The van der Waals surface area contributed by atoms with E-state index < -0.39 is 18.2 Å². The van der Waals surface area contributed by atoms with E-state index in [2.05, 4.69) is 20.0 Å². The Labute approximate surface area is 94.4 Å². The maximum absolute atomic E-state index is 12.9. The van der Waals surface area contributed by atoms with Gasteiger partial charge in [-0.05, 0) is 25.9 Å². The van der Waals surface area contributed by atoms with Crippen LogP contribution in [0.2, 0.25) is 0 Å². The zero-order valence-corrected chi connectivity index (χ0v) is 8.80. The highest BCUT2D eigenvalue weighted by molar-refractivity contribution is 5.01. The first-order chi connectivity index (χ1) is 8.01. The van der Waals surface area contributed by atoms with Gasteiger partial charge in [-0.3, -0.25) is 0 Å². The number of rotatable bonds is 3. The van der Waals surface area contributed by atoms with Crippen molar-refractivity contribution in [3.63, 3.8) is 0 Å². The van der Waals surface area contributed by atoms with Crippen molar-refractivity contribution in [1.82, 2.24) is 15.5 Å². The van der Waals surface area contributed by atoms with E-state index in [1.54, 1.807) is 0 Å². The molecule has 17 heavy (non-hydrogen) atoms. The molecule has 1 N–H and O–H groups in total. The van der Waals surface area contributed by atoms with Crippen LogP contribution in [0.25, 0.3) is 0 Å². The number of alkyl halides is 4. The fraction of sp³-hybridized carbons (Fsp3) is 0.778. The first kappa shape index (κ1) is 12.3. The molecule has 2 heterocycles. The van der Waals surface area contributed by atoms with Gasteiger partial charge >= 0.3 is 18.2 Å². The number of piperidine rings is 1. The molecule has 0 amide bonds. The maximum atomic E-state index is 12.9. The van der Waals surface area contributed by atoms with E-state index in [0.717, 1.165) is 13.1 Å². The molecule has 0 spiro atoms. The van der Waals surface area contributed by atoms with Crippen molar-refractivity contribution in [1.29, 1.82) is 0 Å². The van der Waals surface area contributed by atoms with Gasteiger partial charge in [0.1, 0.15) is 0 Å². The largest absolute Gasteiger partial charge is 0.383 e. The van der Waals surface area contributed by atoms with Crippen molar-refractivity contribution in [2.24, 2.45) is 0 Å². The summed E-state index contributed by atoms with van der Waals surface area (Å²) in [5.41, 5.74) is 0. The van der Waals surface area contributed by atoms with Crippen LogP contribution in [-0.2, 0) is 5.92 Å². The Kier molecular flexibility index (Phi) is 3.32. The van der Waals surface area contributed by atoms with E-state index in [0.29, 0.717) is 12.8 Å². The summed E-state index contributed by atoms with van der Waals surface area (Å²) < 4.78 is 54.2. The monoisotopic (exact) mass is 253 g/mol. The summed E-state index contributed by atoms with van der Waals surface area (Å²) in [5, 5.41) is 6.45. The lowest BCUT2D eigenvalue weighted by molar-refractivity contribution is -0.152. The molecule has 96 valence electrons. The van der Waals surface area contributed by atoms with E-state index in [-0.39, 0.29) is 11.7 Å². The topological polar surface area (TPSA) is 51.0 Å². The van der Waals surface area contributed by atoms with Crippen LogP contribution in [0.15, 0.2) is 4.52 Å². The van der Waals surface area contributed by atoms with E-state index >= 15 is 0 Å². The minimum absolute atomic E-state index is 0.0850. The summed E-state index contributed by atoms with van der Waals surface area (Å²) in [6, 6.07) is 0. The SMILES string of the molecule is FC(F)C(F)(F)c1nc(C2CCNCC2)no1. The zero-order valence-electron chi connectivity index (χ0n) is 8.80. The predicted octanol–water partition coefficient (Wildman–Crippen LogP) is 1.89. The van der Waals surface area contributed by atoms with Gasteiger partial charge in [0.25, 0.3) is 0 Å². The second-order valence-electron chi connectivity index (χ2n) is 3.91. The lowest BCUT2D eigenvalue weighted by atomic mass is 9.98. The lowest BCUT2D eigenvalue weighted by Crippen LogP contribution is -2.27.